The molecule has 26 heavy (non-hydrogen) atoms. The van der Waals surface area contributed by atoms with Gasteiger partial charge in [0.1, 0.15) is 0 Å². The highest BCUT2D eigenvalue weighted by atomic mass is 19.4. The standard InChI is InChI=1S/C19H28F3N3O/c1-3-16(25-14-17-6-4-5-12-23-17)7-8-18(26)24-13-10-15(2)9-11-19(20,21)22/h4-6,9,12,16,25H,3,7-8,10-11,13-14H2,1-2H3,(H,24,26)/b15-9+. The van der Waals surface area contributed by atoms with Crippen molar-refractivity contribution in [3.8, 4) is 0 Å². The molecule has 1 aromatic heterocycles. The summed E-state index contributed by atoms with van der Waals surface area (Å²) < 4.78 is 36.4. The number of rotatable bonds is 11. The first-order valence-electron chi connectivity index (χ1n) is 8.92. The van der Waals surface area contributed by atoms with Crippen LogP contribution >= 0.6 is 0 Å². The summed E-state index contributed by atoms with van der Waals surface area (Å²) in [6.45, 7) is 4.72. The number of nitrogens with zero attached hydrogens (tertiary/aromatic N) is 1. The van der Waals surface area contributed by atoms with E-state index in [1.54, 1.807) is 13.1 Å². The van der Waals surface area contributed by atoms with Crippen LogP contribution in [0.5, 0.6) is 0 Å². The van der Waals surface area contributed by atoms with Gasteiger partial charge in [-0.05, 0) is 38.3 Å². The van der Waals surface area contributed by atoms with E-state index in [0.29, 0.717) is 37.9 Å². The van der Waals surface area contributed by atoms with Gasteiger partial charge in [0.25, 0.3) is 0 Å². The average molecular weight is 371 g/mol. The van der Waals surface area contributed by atoms with Crippen LogP contribution in [0.1, 0.15) is 51.6 Å². The van der Waals surface area contributed by atoms with Crippen LogP contribution in [0.3, 0.4) is 0 Å². The van der Waals surface area contributed by atoms with Gasteiger partial charge >= 0.3 is 6.18 Å². The number of carbonyl (C=O) groups excluding carboxylic acids is 1. The number of pyridine rings is 1. The van der Waals surface area contributed by atoms with Gasteiger partial charge in [0.2, 0.25) is 5.91 Å². The number of alkyl halides is 3. The van der Waals surface area contributed by atoms with Crippen molar-refractivity contribution < 1.29 is 18.0 Å². The second-order valence-corrected chi connectivity index (χ2v) is 6.32. The molecular weight excluding hydrogens is 343 g/mol. The van der Waals surface area contributed by atoms with Gasteiger partial charge in [-0.2, -0.15) is 13.2 Å². The van der Waals surface area contributed by atoms with E-state index in [1.807, 2.05) is 18.2 Å². The second kappa shape index (κ2) is 11.7. The van der Waals surface area contributed by atoms with Crippen LogP contribution in [0.4, 0.5) is 13.2 Å². The van der Waals surface area contributed by atoms with Gasteiger partial charge in [0.05, 0.1) is 12.1 Å². The highest BCUT2D eigenvalue weighted by Gasteiger charge is 2.24. The van der Waals surface area contributed by atoms with Gasteiger partial charge in [0, 0.05) is 31.7 Å². The van der Waals surface area contributed by atoms with Crippen molar-refractivity contribution in [2.24, 2.45) is 0 Å². The third kappa shape index (κ3) is 10.9. The van der Waals surface area contributed by atoms with Gasteiger partial charge in [-0.1, -0.05) is 24.6 Å². The molecule has 0 spiro atoms. The Morgan fingerprint density at radius 2 is 2.08 bits per heavy atom. The molecule has 0 aliphatic carbocycles. The van der Waals surface area contributed by atoms with Crippen molar-refractivity contribution in [2.45, 2.75) is 64.7 Å². The fourth-order valence-electron chi connectivity index (χ4n) is 2.39. The molecule has 0 fully saturated rings. The molecule has 7 heteroatoms. The molecule has 1 aromatic rings. The van der Waals surface area contributed by atoms with Crippen LogP contribution in [-0.4, -0.2) is 29.7 Å². The third-order valence-electron chi connectivity index (χ3n) is 4.03. The number of hydrogen-bond acceptors (Lipinski definition) is 3. The Labute approximate surface area is 153 Å². The Bertz CT molecular complexity index is 559. The van der Waals surface area contributed by atoms with Crippen molar-refractivity contribution in [1.82, 2.24) is 15.6 Å². The highest BCUT2D eigenvalue weighted by molar-refractivity contribution is 5.75. The topological polar surface area (TPSA) is 54.0 Å². The zero-order valence-corrected chi connectivity index (χ0v) is 15.4. The molecule has 1 amide bonds. The lowest BCUT2D eigenvalue weighted by atomic mass is 10.1. The van der Waals surface area contributed by atoms with Crippen LogP contribution < -0.4 is 10.6 Å². The predicted molar refractivity (Wildman–Crippen MR) is 96.4 cm³/mol. The van der Waals surface area contributed by atoms with Gasteiger partial charge < -0.3 is 10.6 Å². The maximum absolute atomic E-state index is 12.1. The van der Waals surface area contributed by atoms with E-state index in [9.17, 15) is 18.0 Å². The van der Waals surface area contributed by atoms with Crippen molar-refractivity contribution in [3.63, 3.8) is 0 Å². The van der Waals surface area contributed by atoms with Crippen LogP contribution in [0.15, 0.2) is 36.0 Å². The Balaban J connectivity index is 2.21. The zero-order chi connectivity index (χ0) is 19.4. The molecule has 2 N–H and O–H groups in total. The Kier molecular flexibility index (Phi) is 9.95. The largest absolute Gasteiger partial charge is 0.392 e. The molecule has 1 rings (SSSR count). The van der Waals surface area contributed by atoms with Gasteiger partial charge in [0.15, 0.2) is 0 Å². The molecule has 1 heterocycles. The Morgan fingerprint density at radius 1 is 1.31 bits per heavy atom. The van der Waals surface area contributed by atoms with E-state index in [0.717, 1.165) is 12.1 Å². The number of allylic oxidation sites excluding steroid dienone is 1. The first-order valence-corrected chi connectivity index (χ1v) is 8.92. The van der Waals surface area contributed by atoms with Crippen molar-refractivity contribution in [3.05, 3.63) is 41.7 Å². The summed E-state index contributed by atoms with van der Waals surface area (Å²) in [5.74, 6) is -0.0771. The monoisotopic (exact) mass is 371 g/mol. The number of halogens is 3. The number of amides is 1. The van der Waals surface area contributed by atoms with Crippen LogP contribution in [0.25, 0.3) is 0 Å². The van der Waals surface area contributed by atoms with Gasteiger partial charge in [-0.25, -0.2) is 0 Å². The van der Waals surface area contributed by atoms with Gasteiger partial charge in [-0.15, -0.1) is 0 Å². The highest BCUT2D eigenvalue weighted by Crippen LogP contribution is 2.21. The summed E-state index contributed by atoms with van der Waals surface area (Å²) >= 11 is 0. The summed E-state index contributed by atoms with van der Waals surface area (Å²) in [6, 6.07) is 5.96. The van der Waals surface area contributed by atoms with Crippen LogP contribution in [0.2, 0.25) is 0 Å². The molecule has 1 atom stereocenters. The predicted octanol–water partition coefficient (Wildman–Crippen LogP) is 4.14. The van der Waals surface area contributed by atoms with E-state index < -0.39 is 12.6 Å². The SMILES string of the molecule is CCC(CCC(=O)NCC/C(C)=C/CC(F)(F)F)NCc1ccccn1. The number of aromatic nitrogens is 1. The lowest BCUT2D eigenvalue weighted by molar-refractivity contribution is -0.125. The number of hydrogen-bond donors (Lipinski definition) is 2. The Morgan fingerprint density at radius 3 is 2.69 bits per heavy atom. The fourth-order valence-corrected chi connectivity index (χ4v) is 2.39. The summed E-state index contributed by atoms with van der Waals surface area (Å²) in [5.41, 5.74) is 1.59. The molecule has 4 nitrogen and oxygen atoms in total. The normalized spacial score (nSPS) is 13.5. The number of carbonyl (C=O) groups is 1. The Hall–Kier alpha value is -1.89. The first kappa shape index (κ1) is 22.2. The molecule has 0 bridgehead atoms. The van der Waals surface area contributed by atoms with Crippen LogP contribution in [-0.2, 0) is 11.3 Å². The maximum atomic E-state index is 12.1. The molecule has 0 radical (unpaired) electrons. The van der Waals surface area contributed by atoms with Crippen molar-refractivity contribution in [1.29, 1.82) is 0 Å². The molecule has 0 saturated heterocycles. The summed E-state index contributed by atoms with van der Waals surface area (Å²) in [4.78, 5) is 16.1. The molecular formula is C19H28F3N3O. The minimum Gasteiger partial charge on any atom is -0.356 e. The smallest absolute Gasteiger partial charge is 0.356 e. The minimum atomic E-state index is -4.18. The molecule has 0 aliphatic heterocycles. The molecule has 0 saturated carbocycles. The lowest BCUT2D eigenvalue weighted by Crippen LogP contribution is -2.31. The quantitative estimate of drug-likeness (QED) is 0.575. The molecule has 0 aromatic carbocycles. The minimum absolute atomic E-state index is 0.0771. The lowest BCUT2D eigenvalue weighted by Gasteiger charge is -2.16. The first-order chi connectivity index (χ1) is 12.3. The number of nitrogens with one attached hydrogen (secondary N) is 2. The average Bonchev–Trinajstić information content (AvgIpc) is 2.60. The molecule has 1 unspecified atom stereocenters. The van der Waals surface area contributed by atoms with E-state index in [1.165, 1.54) is 6.08 Å². The van der Waals surface area contributed by atoms with Crippen molar-refractivity contribution >= 4 is 5.91 Å². The maximum Gasteiger partial charge on any atom is 0.392 e. The third-order valence-corrected chi connectivity index (χ3v) is 4.03. The second-order valence-electron chi connectivity index (χ2n) is 6.32. The molecule has 146 valence electrons. The summed E-state index contributed by atoms with van der Waals surface area (Å²) in [6.07, 6.45) is 0.236. The van der Waals surface area contributed by atoms with E-state index in [-0.39, 0.29) is 11.9 Å². The van der Waals surface area contributed by atoms with E-state index >= 15 is 0 Å². The zero-order valence-electron chi connectivity index (χ0n) is 15.4. The molecule has 0 aliphatic rings. The van der Waals surface area contributed by atoms with E-state index in [2.05, 4.69) is 22.5 Å². The van der Waals surface area contributed by atoms with Gasteiger partial charge in [-0.3, -0.25) is 9.78 Å². The van der Waals surface area contributed by atoms with Crippen LogP contribution in [0, 0.1) is 0 Å². The summed E-state index contributed by atoms with van der Waals surface area (Å²) in [7, 11) is 0. The summed E-state index contributed by atoms with van der Waals surface area (Å²) in [5, 5.41) is 6.15. The van der Waals surface area contributed by atoms with E-state index in [4.69, 9.17) is 0 Å². The van der Waals surface area contributed by atoms with Crippen molar-refractivity contribution in [2.75, 3.05) is 6.54 Å². The fraction of sp³-hybridized carbons (Fsp3) is 0.579.